The largest absolute Gasteiger partial charge is 0.394 e. The molecule has 0 fully saturated rings. The van der Waals surface area contributed by atoms with Gasteiger partial charge in [0.2, 0.25) is 5.95 Å². The van der Waals surface area contributed by atoms with Gasteiger partial charge < -0.3 is 10.4 Å². The van der Waals surface area contributed by atoms with Crippen LogP contribution in [0.1, 0.15) is 6.42 Å². The van der Waals surface area contributed by atoms with Gasteiger partial charge in [-0.15, -0.1) is 6.58 Å². The lowest BCUT2D eigenvalue weighted by molar-refractivity contribution is 0.274. The molecule has 0 saturated heterocycles. The predicted octanol–water partition coefficient (Wildman–Crippen LogP) is 0.702. The molecule has 0 bridgehead atoms. The van der Waals surface area contributed by atoms with Gasteiger partial charge in [-0.1, -0.05) is 6.08 Å². The van der Waals surface area contributed by atoms with Crippen LogP contribution in [0.2, 0.25) is 0 Å². The Kier molecular flexibility index (Phi) is 3.11. The Morgan fingerprint density at radius 3 is 3.19 bits per heavy atom. The molecule has 1 atom stereocenters. The topological polar surface area (TPSA) is 86.7 Å². The molecular weight excluding hydrogens is 206 g/mol. The highest BCUT2D eigenvalue weighted by molar-refractivity contribution is 5.73. The van der Waals surface area contributed by atoms with Crippen LogP contribution >= 0.6 is 0 Å². The number of hydrogen-bond donors (Lipinski definition) is 3. The maximum Gasteiger partial charge on any atom is 0.223 e. The zero-order valence-electron chi connectivity index (χ0n) is 8.72. The first-order valence-corrected chi connectivity index (χ1v) is 4.98. The molecule has 0 aromatic carbocycles. The number of aliphatic hydroxyl groups is 1. The van der Waals surface area contributed by atoms with Crippen LogP contribution in [0.25, 0.3) is 11.0 Å². The Bertz CT molecular complexity index is 481. The van der Waals surface area contributed by atoms with Crippen molar-refractivity contribution >= 4 is 17.0 Å². The fourth-order valence-electron chi connectivity index (χ4n) is 1.37. The van der Waals surface area contributed by atoms with Gasteiger partial charge >= 0.3 is 0 Å². The average molecular weight is 219 g/mol. The summed E-state index contributed by atoms with van der Waals surface area (Å²) < 4.78 is 0. The second-order valence-electron chi connectivity index (χ2n) is 3.41. The van der Waals surface area contributed by atoms with Crippen molar-refractivity contribution in [2.75, 3.05) is 11.9 Å². The standard InChI is InChI=1S/C10H13N5O/c1-2-3-7(6-16)13-10-11-4-9-8(14-10)5-12-15-9/h2,4-5,7,16H,1,3,6H2,(H,12,15)(H,11,13,14)/t7-/m0/s1. The van der Waals surface area contributed by atoms with Crippen LogP contribution in [0, 0.1) is 0 Å². The first-order valence-electron chi connectivity index (χ1n) is 4.98. The first-order chi connectivity index (χ1) is 7.83. The monoisotopic (exact) mass is 219 g/mol. The van der Waals surface area contributed by atoms with Crippen molar-refractivity contribution in [2.24, 2.45) is 0 Å². The number of aliphatic hydroxyl groups excluding tert-OH is 1. The lowest BCUT2D eigenvalue weighted by atomic mass is 10.2. The van der Waals surface area contributed by atoms with E-state index in [9.17, 15) is 0 Å². The highest BCUT2D eigenvalue weighted by Crippen LogP contribution is 2.09. The minimum absolute atomic E-state index is 0.0127. The summed E-state index contributed by atoms with van der Waals surface area (Å²) in [6.45, 7) is 3.64. The van der Waals surface area contributed by atoms with E-state index in [-0.39, 0.29) is 12.6 Å². The van der Waals surface area contributed by atoms with E-state index in [1.807, 2.05) is 0 Å². The molecule has 0 amide bonds. The van der Waals surface area contributed by atoms with Crippen LogP contribution in [0.4, 0.5) is 5.95 Å². The normalized spacial score (nSPS) is 12.6. The molecule has 0 aliphatic carbocycles. The molecule has 2 rings (SSSR count). The number of nitrogens with zero attached hydrogens (tertiary/aromatic N) is 3. The van der Waals surface area contributed by atoms with Crippen molar-refractivity contribution < 1.29 is 5.11 Å². The number of aromatic nitrogens is 4. The third-order valence-corrected chi connectivity index (χ3v) is 2.19. The molecule has 0 spiro atoms. The molecule has 2 heterocycles. The fraction of sp³-hybridized carbons (Fsp3) is 0.300. The molecule has 0 radical (unpaired) electrons. The Labute approximate surface area is 92.4 Å². The molecule has 3 N–H and O–H groups in total. The van der Waals surface area contributed by atoms with Crippen LogP contribution < -0.4 is 5.32 Å². The summed E-state index contributed by atoms with van der Waals surface area (Å²) in [5, 5.41) is 18.8. The Balaban J connectivity index is 2.16. The van der Waals surface area contributed by atoms with E-state index < -0.39 is 0 Å². The summed E-state index contributed by atoms with van der Waals surface area (Å²) in [6, 6.07) is -0.109. The van der Waals surface area contributed by atoms with Gasteiger partial charge in [-0.2, -0.15) is 5.10 Å². The van der Waals surface area contributed by atoms with Crippen molar-refractivity contribution in [2.45, 2.75) is 12.5 Å². The molecule has 2 aromatic rings. The Morgan fingerprint density at radius 2 is 2.44 bits per heavy atom. The molecule has 0 aliphatic rings. The van der Waals surface area contributed by atoms with Gasteiger partial charge in [0.1, 0.15) is 11.0 Å². The quantitative estimate of drug-likeness (QED) is 0.644. The Hall–Kier alpha value is -1.95. The number of hydrogen-bond acceptors (Lipinski definition) is 5. The molecular formula is C10H13N5O. The van der Waals surface area contributed by atoms with Gasteiger partial charge in [0.25, 0.3) is 0 Å². The van der Waals surface area contributed by atoms with Crippen molar-refractivity contribution in [3.05, 3.63) is 25.0 Å². The van der Waals surface area contributed by atoms with E-state index in [0.717, 1.165) is 11.0 Å². The fourth-order valence-corrected chi connectivity index (χ4v) is 1.37. The lowest BCUT2D eigenvalue weighted by Gasteiger charge is -2.13. The Morgan fingerprint density at radius 1 is 1.56 bits per heavy atom. The van der Waals surface area contributed by atoms with E-state index in [0.29, 0.717) is 12.4 Å². The maximum absolute atomic E-state index is 9.11. The van der Waals surface area contributed by atoms with Gasteiger partial charge in [0.15, 0.2) is 0 Å². The first kappa shape index (κ1) is 10.6. The molecule has 0 saturated carbocycles. The highest BCUT2D eigenvalue weighted by atomic mass is 16.3. The van der Waals surface area contributed by atoms with Crippen molar-refractivity contribution in [3.8, 4) is 0 Å². The number of H-pyrrole nitrogens is 1. The third-order valence-electron chi connectivity index (χ3n) is 2.19. The summed E-state index contributed by atoms with van der Waals surface area (Å²) in [6.07, 6.45) is 5.68. The third kappa shape index (κ3) is 2.17. The summed E-state index contributed by atoms with van der Waals surface area (Å²) in [5.74, 6) is 0.481. The van der Waals surface area contributed by atoms with Gasteiger partial charge in [-0.25, -0.2) is 9.97 Å². The van der Waals surface area contributed by atoms with E-state index in [4.69, 9.17) is 5.11 Å². The number of anilines is 1. The predicted molar refractivity (Wildman–Crippen MR) is 61.0 cm³/mol. The van der Waals surface area contributed by atoms with Crippen LogP contribution in [-0.4, -0.2) is 37.9 Å². The highest BCUT2D eigenvalue weighted by Gasteiger charge is 2.07. The minimum atomic E-state index is -0.109. The number of nitrogens with one attached hydrogen (secondary N) is 2. The average Bonchev–Trinajstić information content (AvgIpc) is 2.75. The van der Waals surface area contributed by atoms with Gasteiger partial charge in [-0.3, -0.25) is 5.10 Å². The number of fused-ring (bicyclic) bond motifs is 1. The summed E-state index contributed by atoms with van der Waals surface area (Å²) >= 11 is 0. The van der Waals surface area contributed by atoms with Gasteiger partial charge in [0.05, 0.1) is 25.0 Å². The molecule has 0 aliphatic heterocycles. The second-order valence-corrected chi connectivity index (χ2v) is 3.41. The van der Waals surface area contributed by atoms with E-state index in [1.54, 1.807) is 18.5 Å². The van der Waals surface area contributed by atoms with E-state index in [2.05, 4.69) is 32.1 Å². The number of rotatable bonds is 5. The molecule has 2 aromatic heterocycles. The number of aromatic amines is 1. The zero-order chi connectivity index (χ0) is 11.4. The van der Waals surface area contributed by atoms with Crippen LogP contribution in [0.5, 0.6) is 0 Å². The van der Waals surface area contributed by atoms with Gasteiger partial charge in [-0.05, 0) is 6.42 Å². The lowest BCUT2D eigenvalue weighted by Crippen LogP contribution is -2.24. The van der Waals surface area contributed by atoms with Crippen LogP contribution in [0.3, 0.4) is 0 Å². The van der Waals surface area contributed by atoms with Crippen LogP contribution in [0.15, 0.2) is 25.0 Å². The molecule has 16 heavy (non-hydrogen) atoms. The molecule has 0 unspecified atom stereocenters. The van der Waals surface area contributed by atoms with E-state index >= 15 is 0 Å². The summed E-state index contributed by atoms with van der Waals surface area (Å²) in [4.78, 5) is 8.35. The van der Waals surface area contributed by atoms with Crippen molar-refractivity contribution in [3.63, 3.8) is 0 Å². The minimum Gasteiger partial charge on any atom is -0.394 e. The van der Waals surface area contributed by atoms with Crippen LogP contribution in [-0.2, 0) is 0 Å². The van der Waals surface area contributed by atoms with Crippen molar-refractivity contribution in [1.29, 1.82) is 0 Å². The van der Waals surface area contributed by atoms with E-state index in [1.165, 1.54) is 0 Å². The molecule has 84 valence electrons. The smallest absolute Gasteiger partial charge is 0.223 e. The zero-order valence-corrected chi connectivity index (χ0v) is 8.72. The summed E-state index contributed by atoms with van der Waals surface area (Å²) in [7, 11) is 0. The SMILES string of the molecule is C=CC[C@@H](CO)Nc1ncc2[nH]ncc2n1. The molecule has 6 nitrogen and oxygen atoms in total. The molecule has 6 heteroatoms. The second kappa shape index (κ2) is 4.71. The van der Waals surface area contributed by atoms with Gasteiger partial charge in [0, 0.05) is 0 Å². The van der Waals surface area contributed by atoms with Crippen molar-refractivity contribution in [1.82, 2.24) is 20.2 Å². The summed E-state index contributed by atoms with van der Waals surface area (Å²) in [5.41, 5.74) is 1.53. The maximum atomic E-state index is 9.11.